The molecule has 3 aromatic rings. The zero-order valence-electron chi connectivity index (χ0n) is 14.6. The number of hydrogen-bond donors (Lipinski definition) is 2. The molecule has 0 atom stereocenters. The van der Waals surface area contributed by atoms with Gasteiger partial charge in [0, 0.05) is 5.38 Å². The number of carbonyl (C=O) groups is 2. The summed E-state index contributed by atoms with van der Waals surface area (Å²) in [5.41, 5.74) is 1.52. The van der Waals surface area contributed by atoms with Gasteiger partial charge < -0.3 is 9.73 Å². The van der Waals surface area contributed by atoms with Crippen LogP contribution in [-0.4, -0.2) is 16.8 Å². The molecule has 2 heterocycles. The number of nitrogens with one attached hydrogen (secondary N) is 2. The summed E-state index contributed by atoms with van der Waals surface area (Å²) in [5, 5.41) is 8.10. The predicted octanol–water partition coefficient (Wildman–Crippen LogP) is 3.73. The summed E-state index contributed by atoms with van der Waals surface area (Å²) in [5.74, 6) is -0.199. The molecule has 0 radical (unpaired) electrons. The van der Waals surface area contributed by atoms with E-state index in [4.69, 9.17) is 4.42 Å². The maximum absolute atomic E-state index is 12.6. The molecule has 0 unspecified atom stereocenters. The Morgan fingerprint density at radius 2 is 1.96 bits per heavy atom. The molecule has 0 spiro atoms. The van der Waals surface area contributed by atoms with Gasteiger partial charge in [-0.15, -0.1) is 11.3 Å². The molecule has 2 N–H and O–H groups in total. The molecule has 1 fully saturated rings. The Balaban J connectivity index is 1.37. The second-order valence-electron chi connectivity index (χ2n) is 6.60. The lowest BCUT2D eigenvalue weighted by Gasteiger charge is -2.43. The zero-order chi connectivity index (χ0) is 18.7. The lowest BCUT2D eigenvalue weighted by molar-refractivity contribution is -0.123. The molecule has 1 aliphatic carbocycles. The van der Waals surface area contributed by atoms with Gasteiger partial charge in [-0.2, -0.15) is 0 Å². The summed E-state index contributed by atoms with van der Waals surface area (Å²) in [4.78, 5) is 28.9. The number of benzene rings is 1. The summed E-state index contributed by atoms with van der Waals surface area (Å²) < 4.78 is 5.06. The molecule has 2 amide bonds. The highest BCUT2D eigenvalue weighted by Crippen LogP contribution is 2.41. The fourth-order valence-corrected chi connectivity index (χ4v) is 3.97. The van der Waals surface area contributed by atoms with E-state index in [9.17, 15) is 9.59 Å². The van der Waals surface area contributed by atoms with Crippen LogP contribution in [0.25, 0.3) is 0 Å². The van der Waals surface area contributed by atoms with Crippen LogP contribution < -0.4 is 10.6 Å². The average Bonchev–Trinajstić information content (AvgIpc) is 3.31. The van der Waals surface area contributed by atoms with Crippen molar-refractivity contribution in [1.82, 2.24) is 10.3 Å². The molecule has 1 saturated carbocycles. The molecule has 0 saturated heterocycles. The number of nitrogens with zero attached hydrogens (tertiary/aromatic N) is 1. The molecule has 4 rings (SSSR count). The van der Waals surface area contributed by atoms with Gasteiger partial charge in [0.15, 0.2) is 10.9 Å². The molecule has 1 aliphatic rings. The number of carbonyl (C=O) groups excluding carboxylic acids is 2. The summed E-state index contributed by atoms with van der Waals surface area (Å²) in [6.45, 7) is 0. The van der Waals surface area contributed by atoms with Crippen LogP contribution in [0, 0.1) is 0 Å². The van der Waals surface area contributed by atoms with Crippen LogP contribution in [0.15, 0.2) is 58.5 Å². The first kappa shape index (κ1) is 17.5. The molecule has 2 aromatic heterocycles. The van der Waals surface area contributed by atoms with Crippen molar-refractivity contribution in [1.29, 1.82) is 0 Å². The van der Waals surface area contributed by atoms with Gasteiger partial charge in [0.25, 0.3) is 5.91 Å². The Labute approximate surface area is 160 Å². The minimum atomic E-state index is -0.358. The first-order chi connectivity index (χ1) is 13.1. The fourth-order valence-electron chi connectivity index (χ4n) is 3.26. The van der Waals surface area contributed by atoms with Gasteiger partial charge in [-0.1, -0.05) is 30.3 Å². The van der Waals surface area contributed by atoms with Crippen LogP contribution in [0.2, 0.25) is 0 Å². The summed E-state index contributed by atoms with van der Waals surface area (Å²) in [6, 6.07) is 13.3. The molecule has 7 heteroatoms. The normalized spacial score (nSPS) is 15.0. The summed E-state index contributed by atoms with van der Waals surface area (Å²) in [7, 11) is 0. The molecule has 0 aliphatic heterocycles. The monoisotopic (exact) mass is 381 g/mol. The van der Waals surface area contributed by atoms with Crippen molar-refractivity contribution < 1.29 is 14.0 Å². The van der Waals surface area contributed by atoms with Gasteiger partial charge in [0.05, 0.1) is 23.9 Å². The number of amides is 2. The highest BCUT2D eigenvalue weighted by molar-refractivity contribution is 7.14. The van der Waals surface area contributed by atoms with Crippen LogP contribution in [0.1, 0.15) is 41.1 Å². The van der Waals surface area contributed by atoms with Gasteiger partial charge in [0.2, 0.25) is 5.91 Å². The lowest BCUT2D eigenvalue weighted by Crippen LogP contribution is -2.51. The third-order valence-corrected chi connectivity index (χ3v) is 5.58. The Bertz CT molecular complexity index is 931. The minimum absolute atomic E-state index is 0.0623. The SMILES string of the molecule is O=C(Cc1csc(NC(=O)c2ccco2)n1)NC1(c2ccccc2)CCC1. The van der Waals surface area contributed by atoms with Crippen LogP contribution in [-0.2, 0) is 16.8 Å². The van der Waals surface area contributed by atoms with Gasteiger partial charge in [-0.25, -0.2) is 4.98 Å². The maximum atomic E-state index is 12.6. The van der Waals surface area contributed by atoms with E-state index >= 15 is 0 Å². The molecule has 1 aromatic carbocycles. The summed E-state index contributed by atoms with van der Waals surface area (Å²) >= 11 is 1.29. The van der Waals surface area contributed by atoms with Gasteiger partial charge >= 0.3 is 0 Å². The second-order valence-corrected chi connectivity index (χ2v) is 7.46. The van der Waals surface area contributed by atoms with Crippen molar-refractivity contribution in [3.63, 3.8) is 0 Å². The number of anilines is 1. The quantitative estimate of drug-likeness (QED) is 0.681. The minimum Gasteiger partial charge on any atom is -0.459 e. The molecule has 27 heavy (non-hydrogen) atoms. The van der Waals surface area contributed by atoms with Crippen LogP contribution in [0.5, 0.6) is 0 Å². The summed E-state index contributed by atoms with van der Waals surface area (Å²) in [6.07, 6.45) is 4.63. The second kappa shape index (κ2) is 7.36. The van der Waals surface area contributed by atoms with E-state index in [0.29, 0.717) is 10.8 Å². The number of furan rings is 1. The van der Waals surface area contributed by atoms with E-state index in [1.54, 1.807) is 17.5 Å². The Morgan fingerprint density at radius 1 is 1.15 bits per heavy atom. The van der Waals surface area contributed by atoms with Crippen molar-refractivity contribution in [2.45, 2.75) is 31.2 Å². The van der Waals surface area contributed by atoms with Crippen molar-refractivity contribution in [2.75, 3.05) is 5.32 Å². The third-order valence-electron chi connectivity index (χ3n) is 4.77. The van der Waals surface area contributed by atoms with Crippen LogP contribution in [0.3, 0.4) is 0 Å². The molecular formula is C20H19N3O3S. The number of aromatic nitrogens is 1. The van der Waals surface area contributed by atoms with Crippen molar-refractivity contribution in [2.24, 2.45) is 0 Å². The van der Waals surface area contributed by atoms with E-state index in [1.165, 1.54) is 17.6 Å². The molecule has 0 bridgehead atoms. The van der Waals surface area contributed by atoms with Crippen LogP contribution >= 0.6 is 11.3 Å². The van der Waals surface area contributed by atoms with E-state index < -0.39 is 0 Å². The van der Waals surface area contributed by atoms with E-state index in [-0.39, 0.29) is 29.5 Å². The first-order valence-corrected chi connectivity index (χ1v) is 9.68. The number of hydrogen-bond acceptors (Lipinski definition) is 5. The zero-order valence-corrected chi connectivity index (χ0v) is 15.4. The van der Waals surface area contributed by atoms with Gasteiger partial charge in [-0.3, -0.25) is 14.9 Å². The van der Waals surface area contributed by atoms with Crippen molar-refractivity contribution in [3.8, 4) is 0 Å². The van der Waals surface area contributed by atoms with E-state index in [2.05, 4.69) is 27.8 Å². The largest absolute Gasteiger partial charge is 0.459 e. The first-order valence-electron chi connectivity index (χ1n) is 8.80. The Hall–Kier alpha value is -2.93. The van der Waals surface area contributed by atoms with E-state index in [0.717, 1.165) is 24.8 Å². The fraction of sp³-hybridized carbons (Fsp3) is 0.250. The number of thiazole rings is 1. The smallest absolute Gasteiger partial charge is 0.293 e. The highest BCUT2D eigenvalue weighted by atomic mass is 32.1. The van der Waals surface area contributed by atoms with Gasteiger partial charge in [-0.05, 0) is 37.0 Å². The average molecular weight is 381 g/mol. The Morgan fingerprint density at radius 3 is 2.63 bits per heavy atom. The predicted molar refractivity (Wildman–Crippen MR) is 103 cm³/mol. The molecular weight excluding hydrogens is 362 g/mol. The van der Waals surface area contributed by atoms with E-state index in [1.807, 2.05) is 18.2 Å². The molecule has 138 valence electrons. The third kappa shape index (κ3) is 3.78. The number of rotatable bonds is 6. The molecule has 6 nitrogen and oxygen atoms in total. The standard InChI is InChI=1S/C20H19N3O3S/c24-17(23-20(9-5-10-20)14-6-2-1-3-7-14)12-15-13-27-19(21-15)22-18(25)16-8-4-11-26-16/h1-4,6-8,11,13H,5,9-10,12H2,(H,23,24)(H,21,22,25). The van der Waals surface area contributed by atoms with Crippen molar-refractivity contribution >= 4 is 28.3 Å². The maximum Gasteiger partial charge on any atom is 0.293 e. The van der Waals surface area contributed by atoms with Crippen molar-refractivity contribution in [3.05, 3.63) is 71.1 Å². The highest BCUT2D eigenvalue weighted by Gasteiger charge is 2.39. The Kier molecular flexibility index (Phi) is 4.77. The lowest BCUT2D eigenvalue weighted by atomic mass is 9.71. The van der Waals surface area contributed by atoms with Gasteiger partial charge in [0.1, 0.15) is 0 Å². The van der Waals surface area contributed by atoms with Crippen LogP contribution in [0.4, 0.5) is 5.13 Å². The topological polar surface area (TPSA) is 84.2 Å².